The highest BCUT2D eigenvalue weighted by Gasteiger charge is 2.28. The molecule has 0 saturated heterocycles. The third kappa shape index (κ3) is 5.79. The van der Waals surface area contributed by atoms with E-state index in [1.165, 1.54) is 31.2 Å². The fraction of sp³-hybridized carbons (Fsp3) is 0.647. The molecule has 0 bridgehead atoms. The van der Waals surface area contributed by atoms with Gasteiger partial charge in [-0.3, -0.25) is 0 Å². The van der Waals surface area contributed by atoms with Crippen molar-refractivity contribution < 1.29 is 0 Å². The quantitative estimate of drug-likeness (QED) is 0.579. The van der Waals surface area contributed by atoms with Crippen LogP contribution in [0.4, 0.5) is 0 Å². The van der Waals surface area contributed by atoms with Crippen molar-refractivity contribution in [2.45, 2.75) is 46.1 Å². The Morgan fingerprint density at radius 2 is 1.65 bits per heavy atom. The lowest BCUT2D eigenvalue weighted by Crippen LogP contribution is -2.37. The topological polar surface area (TPSA) is 3.24 Å². The van der Waals surface area contributed by atoms with E-state index >= 15 is 0 Å². The van der Waals surface area contributed by atoms with E-state index in [2.05, 4.69) is 78.6 Å². The molecule has 0 aliphatic heterocycles. The Labute approximate surface area is 138 Å². The van der Waals surface area contributed by atoms with Crippen LogP contribution in [0.25, 0.3) is 0 Å². The normalized spacial score (nSPS) is 12.1. The van der Waals surface area contributed by atoms with Gasteiger partial charge in [0, 0.05) is 17.6 Å². The maximum Gasteiger partial charge on any atom is 0.0230 e. The first-order chi connectivity index (χ1) is 9.55. The number of hydrogen-bond donors (Lipinski definition) is 1. The number of rotatable bonds is 9. The molecule has 0 N–H and O–H groups in total. The number of benzene rings is 1. The summed E-state index contributed by atoms with van der Waals surface area (Å²) in [6.45, 7) is 6.70. The predicted molar refractivity (Wildman–Crippen MR) is 96.6 cm³/mol. The SMILES string of the molecule is CCCC(CS)(CCC)CN(C)Cc1ccc(Br)cc1. The highest BCUT2D eigenvalue weighted by Crippen LogP contribution is 2.32. The van der Waals surface area contributed by atoms with Gasteiger partial charge in [0.25, 0.3) is 0 Å². The van der Waals surface area contributed by atoms with Crippen molar-refractivity contribution in [2.75, 3.05) is 19.3 Å². The van der Waals surface area contributed by atoms with E-state index in [-0.39, 0.29) is 0 Å². The third-order valence-corrected chi connectivity index (χ3v) is 5.07. The second-order valence-corrected chi connectivity index (χ2v) is 7.19. The molecule has 0 aliphatic rings. The van der Waals surface area contributed by atoms with E-state index in [4.69, 9.17) is 0 Å². The fourth-order valence-electron chi connectivity index (χ4n) is 3.08. The van der Waals surface area contributed by atoms with E-state index in [1.807, 2.05) is 0 Å². The molecule has 0 fully saturated rings. The summed E-state index contributed by atoms with van der Waals surface area (Å²) in [5.41, 5.74) is 1.74. The fourth-order valence-corrected chi connectivity index (χ4v) is 3.76. The van der Waals surface area contributed by atoms with E-state index in [1.54, 1.807) is 0 Å². The van der Waals surface area contributed by atoms with Crippen molar-refractivity contribution in [3.05, 3.63) is 34.3 Å². The Hall–Kier alpha value is 0.01000. The van der Waals surface area contributed by atoms with Gasteiger partial charge in [-0.2, -0.15) is 12.6 Å². The van der Waals surface area contributed by atoms with Crippen LogP contribution < -0.4 is 0 Å². The van der Waals surface area contributed by atoms with Crippen LogP contribution in [0.3, 0.4) is 0 Å². The molecular weight excluding hydrogens is 330 g/mol. The number of nitrogens with zero attached hydrogens (tertiary/aromatic N) is 1. The summed E-state index contributed by atoms with van der Waals surface area (Å²) in [4.78, 5) is 2.45. The highest BCUT2D eigenvalue weighted by molar-refractivity contribution is 9.10. The summed E-state index contributed by atoms with van der Waals surface area (Å²) >= 11 is 8.14. The Morgan fingerprint density at radius 1 is 1.10 bits per heavy atom. The number of hydrogen-bond acceptors (Lipinski definition) is 2. The summed E-state index contributed by atoms with van der Waals surface area (Å²) in [6, 6.07) is 8.63. The molecule has 0 amide bonds. The molecule has 1 aromatic carbocycles. The molecule has 1 nitrogen and oxygen atoms in total. The Kier molecular flexibility index (Phi) is 8.23. The smallest absolute Gasteiger partial charge is 0.0230 e. The summed E-state index contributed by atoms with van der Waals surface area (Å²) in [5.74, 6) is 0.985. The average Bonchev–Trinajstić information content (AvgIpc) is 2.42. The second-order valence-electron chi connectivity index (χ2n) is 5.96. The van der Waals surface area contributed by atoms with Crippen LogP contribution >= 0.6 is 28.6 Å². The second kappa shape index (κ2) is 9.11. The lowest BCUT2D eigenvalue weighted by Gasteiger charge is -2.36. The predicted octanol–water partition coefficient (Wildman–Crippen LogP) is 5.40. The molecule has 1 aromatic rings. The van der Waals surface area contributed by atoms with Gasteiger partial charge < -0.3 is 4.90 Å². The first-order valence-electron chi connectivity index (χ1n) is 7.59. The molecule has 0 aromatic heterocycles. The van der Waals surface area contributed by atoms with Crippen molar-refractivity contribution >= 4 is 28.6 Å². The van der Waals surface area contributed by atoms with Crippen molar-refractivity contribution in [3.8, 4) is 0 Å². The van der Waals surface area contributed by atoms with Crippen LogP contribution in [0.15, 0.2) is 28.7 Å². The molecular formula is C17H28BrNS. The largest absolute Gasteiger partial charge is 0.302 e. The van der Waals surface area contributed by atoms with Gasteiger partial charge in [0.2, 0.25) is 0 Å². The zero-order valence-corrected chi connectivity index (χ0v) is 15.5. The first-order valence-corrected chi connectivity index (χ1v) is 9.01. The molecule has 0 heterocycles. The minimum Gasteiger partial charge on any atom is -0.302 e. The van der Waals surface area contributed by atoms with Crippen LogP contribution in [0.2, 0.25) is 0 Å². The van der Waals surface area contributed by atoms with Gasteiger partial charge in [-0.05, 0) is 48.8 Å². The van der Waals surface area contributed by atoms with Crippen molar-refractivity contribution in [1.29, 1.82) is 0 Å². The standard InChI is InChI=1S/C17H28BrNS/c1-4-10-17(14-20,11-5-2)13-19(3)12-15-6-8-16(18)9-7-15/h6-9,20H,4-5,10-14H2,1-3H3. The summed E-state index contributed by atoms with van der Waals surface area (Å²) < 4.78 is 1.14. The van der Waals surface area contributed by atoms with E-state index in [9.17, 15) is 0 Å². The third-order valence-electron chi connectivity index (χ3n) is 3.87. The molecule has 1 rings (SSSR count). The molecule has 0 unspecified atom stereocenters. The highest BCUT2D eigenvalue weighted by atomic mass is 79.9. The molecule has 114 valence electrons. The zero-order valence-electron chi connectivity index (χ0n) is 13.0. The number of thiol groups is 1. The Bertz CT molecular complexity index is 371. The Morgan fingerprint density at radius 3 is 2.10 bits per heavy atom. The van der Waals surface area contributed by atoms with E-state index < -0.39 is 0 Å². The van der Waals surface area contributed by atoms with Gasteiger partial charge in [-0.1, -0.05) is 54.8 Å². The zero-order chi connectivity index (χ0) is 15.0. The van der Waals surface area contributed by atoms with Gasteiger partial charge >= 0.3 is 0 Å². The van der Waals surface area contributed by atoms with Gasteiger partial charge in [0.05, 0.1) is 0 Å². The monoisotopic (exact) mass is 357 g/mol. The molecule has 3 heteroatoms. The lowest BCUT2D eigenvalue weighted by atomic mass is 9.80. The lowest BCUT2D eigenvalue weighted by molar-refractivity contribution is 0.165. The summed E-state index contributed by atoms with van der Waals surface area (Å²) in [5, 5.41) is 0. The van der Waals surface area contributed by atoms with Crippen LogP contribution in [-0.4, -0.2) is 24.2 Å². The van der Waals surface area contributed by atoms with Gasteiger partial charge in [0.1, 0.15) is 0 Å². The van der Waals surface area contributed by atoms with Gasteiger partial charge in [0.15, 0.2) is 0 Å². The van der Waals surface area contributed by atoms with Gasteiger partial charge in [-0.25, -0.2) is 0 Å². The van der Waals surface area contributed by atoms with Crippen LogP contribution in [0.5, 0.6) is 0 Å². The maximum absolute atomic E-state index is 4.65. The van der Waals surface area contributed by atoms with Crippen LogP contribution in [0.1, 0.15) is 45.1 Å². The van der Waals surface area contributed by atoms with Crippen molar-refractivity contribution in [2.24, 2.45) is 5.41 Å². The molecule has 0 aliphatic carbocycles. The molecule has 20 heavy (non-hydrogen) atoms. The van der Waals surface area contributed by atoms with Crippen molar-refractivity contribution in [3.63, 3.8) is 0 Å². The minimum atomic E-state index is 0.372. The first kappa shape index (κ1) is 18.1. The number of halogens is 1. The van der Waals surface area contributed by atoms with Gasteiger partial charge in [-0.15, -0.1) is 0 Å². The molecule has 0 spiro atoms. The summed E-state index contributed by atoms with van der Waals surface area (Å²) in [6.07, 6.45) is 5.03. The maximum atomic E-state index is 4.65. The van der Waals surface area contributed by atoms with E-state index in [0.29, 0.717) is 5.41 Å². The van der Waals surface area contributed by atoms with Crippen LogP contribution in [-0.2, 0) is 6.54 Å². The molecule has 0 saturated carbocycles. The van der Waals surface area contributed by atoms with Crippen LogP contribution in [0, 0.1) is 5.41 Å². The summed E-state index contributed by atoms with van der Waals surface area (Å²) in [7, 11) is 2.23. The van der Waals surface area contributed by atoms with E-state index in [0.717, 1.165) is 23.3 Å². The molecule has 0 atom stereocenters. The molecule has 0 radical (unpaired) electrons. The Balaban J connectivity index is 2.65. The van der Waals surface area contributed by atoms with Crippen molar-refractivity contribution in [1.82, 2.24) is 4.90 Å². The minimum absolute atomic E-state index is 0.372. The average molecular weight is 358 g/mol.